The number of carbonyl (C=O) groups excluding carboxylic acids is 1. The largest absolute Gasteiger partial charge is 0.345 e. The topological polar surface area (TPSA) is 29.1 Å². The zero-order chi connectivity index (χ0) is 14.6. The van der Waals surface area contributed by atoms with Crippen molar-refractivity contribution in [3.05, 3.63) is 35.1 Å². The van der Waals surface area contributed by atoms with Crippen molar-refractivity contribution < 1.29 is 18.0 Å². The number of carbonyl (C=O) groups is 1. The fourth-order valence-corrected chi connectivity index (χ4v) is 3.39. The van der Waals surface area contributed by atoms with Crippen molar-refractivity contribution in [3.63, 3.8) is 0 Å². The van der Waals surface area contributed by atoms with Crippen LogP contribution in [0.2, 0.25) is 0 Å². The molecule has 7 heteroatoms. The number of rotatable bonds is 5. The molecule has 1 aromatic rings. The molecule has 0 aliphatic rings. The maximum atomic E-state index is 13.5. The van der Waals surface area contributed by atoms with Crippen molar-refractivity contribution in [1.29, 1.82) is 0 Å². The van der Waals surface area contributed by atoms with Crippen molar-refractivity contribution in [2.75, 3.05) is 10.7 Å². The van der Waals surface area contributed by atoms with Gasteiger partial charge in [-0.05, 0) is 18.6 Å². The zero-order valence-corrected chi connectivity index (χ0v) is 13.2. The Morgan fingerprint density at radius 1 is 1.21 bits per heavy atom. The summed E-state index contributed by atoms with van der Waals surface area (Å²) in [6, 6.07) is 1.65. The van der Waals surface area contributed by atoms with Crippen molar-refractivity contribution >= 4 is 37.8 Å². The summed E-state index contributed by atoms with van der Waals surface area (Å²) in [6.45, 7) is 1.85. The molecule has 0 bridgehead atoms. The van der Waals surface area contributed by atoms with Crippen LogP contribution in [0.4, 0.5) is 13.2 Å². The molecule has 0 saturated heterocycles. The van der Waals surface area contributed by atoms with E-state index < -0.39 is 34.5 Å². The number of alkyl halides is 2. The van der Waals surface area contributed by atoms with Crippen LogP contribution in [-0.4, -0.2) is 22.1 Å². The molecule has 0 atom stereocenters. The Labute approximate surface area is 126 Å². The SMILES string of the molecule is CCC(CBr)(CBr)NC(=O)c1ccc(F)c(F)c1F. The monoisotopic (exact) mass is 401 g/mol. The minimum Gasteiger partial charge on any atom is -0.345 e. The number of amides is 1. The molecule has 2 nitrogen and oxygen atoms in total. The van der Waals surface area contributed by atoms with E-state index in [0.29, 0.717) is 17.1 Å². The molecule has 0 aliphatic heterocycles. The van der Waals surface area contributed by atoms with Gasteiger partial charge in [0.25, 0.3) is 5.91 Å². The molecule has 0 saturated carbocycles. The third-order valence-electron chi connectivity index (χ3n) is 2.85. The Morgan fingerprint density at radius 2 is 1.79 bits per heavy atom. The van der Waals surface area contributed by atoms with Gasteiger partial charge < -0.3 is 5.32 Å². The van der Waals surface area contributed by atoms with Gasteiger partial charge in [-0.2, -0.15) is 0 Å². The maximum absolute atomic E-state index is 13.5. The average Bonchev–Trinajstić information content (AvgIpc) is 2.42. The standard InChI is InChI=1S/C12H12Br2F3NO/c1-2-12(5-13,6-14)18-11(19)7-3-4-8(15)10(17)9(7)16/h3-4H,2,5-6H2,1H3,(H,18,19). The number of halogens is 5. The van der Waals surface area contributed by atoms with E-state index in [1.807, 2.05) is 6.92 Å². The van der Waals surface area contributed by atoms with Crippen molar-refractivity contribution in [2.45, 2.75) is 18.9 Å². The molecule has 0 spiro atoms. The molecule has 19 heavy (non-hydrogen) atoms. The lowest BCUT2D eigenvalue weighted by Crippen LogP contribution is -2.51. The minimum atomic E-state index is -1.65. The van der Waals surface area contributed by atoms with Crippen molar-refractivity contribution in [1.82, 2.24) is 5.32 Å². The minimum absolute atomic E-state index is 0.443. The number of hydrogen-bond acceptors (Lipinski definition) is 1. The number of benzene rings is 1. The first-order valence-corrected chi connectivity index (χ1v) is 7.73. The molecule has 1 aromatic carbocycles. The van der Waals surface area contributed by atoms with E-state index in [0.717, 1.165) is 12.1 Å². The Balaban J connectivity index is 3.05. The van der Waals surface area contributed by atoms with Gasteiger partial charge in [0.2, 0.25) is 0 Å². The highest BCUT2D eigenvalue weighted by Crippen LogP contribution is 2.20. The predicted octanol–water partition coefficient (Wildman–Crippen LogP) is 3.77. The predicted molar refractivity (Wildman–Crippen MR) is 74.4 cm³/mol. The van der Waals surface area contributed by atoms with Crippen LogP contribution in [0, 0.1) is 17.5 Å². The molecule has 1 rings (SSSR count). The first kappa shape index (κ1) is 16.5. The van der Waals surface area contributed by atoms with Crippen molar-refractivity contribution in [2.24, 2.45) is 0 Å². The van der Waals surface area contributed by atoms with E-state index in [1.165, 1.54) is 0 Å². The molecule has 1 N–H and O–H groups in total. The van der Waals surface area contributed by atoms with E-state index in [-0.39, 0.29) is 0 Å². The van der Waals surface area contributed by atoms with E-state index >= 15 is 0 Å². The Morgan fingerprint density at radius 3 is 2.26 bits per heavy atom. The van der Waals surface area contributed by atoms with E-state index in [9.17, 15) is 18.0 Å². The quantitative estimate of drug-likeness (QED) is 0.589. The second kappa shape index (κ2) is 6.74. The normalized spacial score (nSPS) is 11.5. The smallest absolute Gasteiger partial charge is 0.254 e. The average molecular weight is 403 g/mol. The van der Waals surface area contributed by atoms with Gasteiger partial charge in [0.15, 0.2) is 17.5 Å². The summed E-state index contributed by atoms with van der Waals surface area (Å²) < 4.78 is 39.4. The van der Waals surface area contributed by atoms with E-state index in [1.54, 1.807) is 0 Å². The fourth-order valence-electron chi connectivity index (χ4n) is 1.39. The fraction of sp³-hybridized carbons (Fsp3) is 0.417. The molecule has 0 aliphatic carbocycles. The molecule has 0 fully saturated rings. The van der Waals surface area contributed by atoms with Crippen LogP contribution in [-0.2, 0) is 0 Å². The van der Waals surface area contributed by atoms with Crippen molar-refractivity contribution in [3.8, 4) is 0 Å². The highest BCUT2D eigenvalue weighted by Gasteiger charge is 2.29. The van der Waals surface area contributed by atoms with Crippen LogP contribution in [0.5, 0.6) is 0 Å². The lowest BCUT2D eigenvalue weighted by molar-refractivity contribution is 0.0910. The summed E-state index contributed by atoms with van der Waals surface area (Å²) in [7, 11) is 0. The number of hydrogen-bond donors (Lipinski definition) is 1. The van der Waals surface area contributed by atoms with Crippen LogP contribution in [0.15, 0.2) is 12.1 Å². The maximum Gasteiger partial charge on any atom is 0.254 e. The van der Waals surface area contributed by atoms with Crippen LogP contribution in [0.3, 0.4) is 0 Å². The number of nitrogens with one attached hydrogen (secondary N) is 1. The Hall–Kier alpha value is -0.560. The summed E-state index contributed by atoms with van der Waals surface area (Å²) in [5.74, 6) is -5.23. The summed E-state index contributed by atoms with van der Waals surface area (Å²) in [4.78, 5) is 11.9. The summed E-state index contributed by atoms with van der Waals surface area (Å²) in [6.07, 6.45) is 0.584. The van der Waals surface area contributed by atoms with Gasteiger partial charge in [-0.15, -0.1) is 0 Å². The molecule has 0 heterocycles. The first-order valence-electron chi connectivity index (χ1n) is 5.48. The molecule has 0 unspecified atom stereocenters. The van der Waals surface area contributed by atoms with Gasteiger partial charge in [-0.25, -0.2) is 13.2 Å². The molecule has 0 radical (unpaired) electrons. The Kier molecular flexibility index (Phi) is 5.85. The van der Waals surface area contributed by atoms with Crippen LogP contribution >= 0.6 is 31.9 Å². The lowest BCUT2D eigenvalue weighted by atomic mass is 10.0. The van der Waals surface area contributed by atoms with Crippen LogP contribution < -0.4 is 5.32 Å². The molecule has 1 amide bonds. The lowest BCUT2D eigenvalue weighted by Gasteiger charge is -2.30. The van der Waals surface area contributed by atoms with E-state index in [2.05, 4.69) is 37.2 Å². The third-order valence-corrected chi connectivity index (χ3v) is 4.99. The molecular formula is C12H12Br2F3NO. The Bertz CT molecular complexity index is 470. The van der Waals surface area contributed by atoms with Gasteiger partial charge in [0.1, 0.15) is 0 Å². The van der Waals surface area contributed by atoms with Gasteiger partial charge in [0, 0.05) is 10.7 Å². The second-order valence-electron chi connectivity index (χ2n) is 4.08. The van der Waals surface area contributed by atoms with E-state index in [4.69, 9.17) is 0 Å². The van der Waals surface area contributed by atoms with Gasteiger partial charge in [-0.3, -0.25) is 4.79 Å². The van der Waals surface area contributed by atoms with Gasteiger partial charge in [-0.1, -0.05) is 38.8 Å². The van der Waals surface area contributed by atoms with Crippen LogP contribution in [0.1, 0.15) is 23.7 Å². The molecule has 0 aromatic heterocycles. The third kappa shape index (κ3) is 3.51. The van der Waals surface area contributed by atoms with Gasteiger partial charge >= 0.3 is 0 Å². The summed E-state index contributed by atoms with van der Waals surface area (Å²) in [5.41, 5.74) is -1.13. The highest BCUT2D eigenvalue weighted by atomic mass is 79.9. The molecular weight excluding hydrogens is 391 g/mol. The highest BCUT2D eigenvalue weighted by molar-refractivity contribution is 9.09. The first-order chi connectivity index (χ1) is 8.90. The second-order valence-corrected chi connectivity index (χ2v) is 5.20. The molecule has 106 valence electrons. The van der Waals surface area contributed by atoms with Gasteiger partial charge in [0.05, 0.1) is 11.1 Å². The zero-order valence-electron chi connectivity index (χ0n) is 10.1. The van der Waals surface area contributed by atoms with Crippen LogP contribution in [0.25, 0.3) is 0 Å². The summed E-state index contributed by atoms with van der Waals surface area (Å²) in [5, 5.41) is 3.51. The summed E-state index contributed by atoms with van der Waals surface area (Å²) >= 11 is 6.53.